The number of carbonyl (C=O) groups is 1. The molecule has 1 N–H and O–H groups in total. The summed E-state index contributed by atoms with van der Waals surface area (Å²) in [6, 6.07) is 13.2. The van der Waals surface area contributed by atoms with Crippen molar-refractivity contribution in [1.29, 1.82) is 0 Å². The van der Waals surface area contributed by atoms with Crippen LogP contribution in [0.2, 0.25) is 10.0 Å². The SMILES string of the molecule is C[C@H](c1ccc(Cl)cc1Cl)N(C)C(=O)NCc1ccccc1CN1CCOCC1. The Morgan fingerprint density at radius 2 is 1.86 bits per heavy atom. The number of benzene rings is 2. The van der Waals surface area contributed by atoms with Crippen LogP contribution in [0, 0.1) is 0 Å². The van der Waals surface area contributed by atoms with E-state index in [1.165, 1.54) is 5.56 Å². The fraction of sp³-hybridized carbons (Fsp3) is 0.409. The first-order chi connectivity index (χ1) is 14.0. The number of urea groups is 1. The van der Waals surface area contributed by atoms with Gasteiger partial charge in [0.2, 0.25) is 0 Å². The highest BCUT2D eigenvalue weighted by atomic mass is 35.5. The van der Waals surface area contributed by atoms with Gasteiger partial charge in [0.25, 0.3) is 0 Å². The van der Waals surface area contributed by atoms with E-state index >= 15 is 0 Å². The normalized spacial score (nSPS) is 15.7. The van der Waals surface area contributed by atoms with E-state index in [2.05, 4.69) is 22.3 Å². The molecule has 1 aliphatic heterocycles. The van der Waals surface area contributed by atoms with Crippen molar-refractivity contribution in [2.24, 2.45) is 0 Å². The highest BCUT2D eigenvalue weighted by Gasteiger charge is 2.20. The zero-order valence-corrected chi connectivity index (χ0v) is 18.3. The molecule has 0 bridgehead atoms. The Hall–Kier alpha value is -1.79. The second-order valence-corrected chi connectivity index (χ2v) is 8.11. The molecule has 0 aromatic heterocycles. The Labute approximate surface area is 182 Å². The van der Waals surface area contributed by atoms with Gasteiger partial charge in [-0.05, 0) is 35.7 Å². The van der Waals surface area contributed by atoms with Crippen molar-refractivity contribution in [3.05, 3.63) is 69.2 Å². The number of amides is 2. The van der Waals surface area contributed by atoms with E-state index in [9.17, 15) is 4.79 Å². The number of ether oxygens (including phenoxy) is 1. The molecule has 2 aromatic carbocycles. The number of carbonyl (C=O) groups excluding carboxylic acids is 1. The highest BCUT2D eigenvalue weighted by molar-refractivity contribution is 6.35. The lowest BCUT2D eigenvalue weighted by atomic mass is 10.1. The number of rotatable bonds is 6. The van der Waals surface area contributed by atoms with Crippen LogP contribution < -0.4 is 5.32 Å². The summed E-state index contributed by atoms with van der Waals surface area (Å²) in [6.07, 6.45) is 0. The number of hydrogen-bond donors (Lipinski definition) is 1. The zero-order valence-electron chi connectivity index (χ0n) is 16.8. The third-order valence-electron chi connectivity index (χ3n) is 5.36. The second kappa shape index (κ2) is 10.3. The largest absolute Gasteiger partial charge is 0.379 e. The zero-order chi connectivity index (χ0) is 20.8. The van der Waals surface area contributed by atoms with Crippen molar-refractivity contribution in [3.63, 3.8) is 0 Å². The average molecular weight is 436 g/mol. The fourth-order valence-electron chi connectivity index (χ4n) is 3.40. The maximum atomic E-state index is 12.7. The molecule has 1 fully saturated rings. The van der Waals surface area contributed by atoms with E-state index in [1.807, 2.05) is 25.1 Å². The third-order valence-corrected chi connectivity index (χ3v) is 5.92. The number of hydrogen-bond acceptors (Lipinski definition) is 3. The molecule has 2 amide bonds. The molecule has 0 aliphatic carbocycles. The maximum absolute atomic E-state index is 12.7. The van der Waals surface area contributed by atoms with Crippen molar-refractivity contribution in [2.75, 3.05) is 33.4 Å². The summed E-state index contributed by atoms with van der Waals surface area (Å²) in [7, 11) is 1.77. The lowest BCUT2D eigenvalue weighted by Crippen LogP contribution is -2.39. The summed E-state index contributed by atoms with van der Waals surface area (Å²) in [5, 5.41) is 4.17. The topological polar surface area (TPSA) is 44.8 Å². The Morgan fingerprint density at radius 1 is 1.17 bits per heavy atom. The first-order valence-electron chi connectivity index (χ1n) is 9.78. The summed E-state index contributed by atoms with van der Waals surface area (Å²) in [5.74, 6) is 0. The van der Waals surface area contributed by atoms with Crippen LogP contribution in [-0.4, -0.2) is 49.2 Å². The van der Waals surface area contributed by atoms with Gasteiger partial charge in [-0.1, -0.05) is 53.5 Å². The van der Waals surface area contributed by atoms with Gasteiger partial charge in [-0.25, -0.2) is 4.79 Å². The Morgan fingerprint density at radius 3 is 2.55 bits per heavy atom. The minimum absolute atomic E-state index is 0.148. The summed E-state index contributed by atoms with van der Waals surface area (Å²) < 4.78 is 5.43. The van der Waals surface area contributed by atoms with E-state index in [4.69, 9.17) is 27.9 Å². The first kappa shape index (κ1) is 21.9. The van der Waals surface area contributed by atoms with Gasteiger partial charge in [-0.3, -0.25) is 4.90 Å². The van der Waals surface area contributed by atoms with Gasteiger partial charge in [0.1, 0.15) is 0 Å². The summed E-state index contributed by atoms with van der Waals surface area (Å²) in [4.78, 5) is 16.8. The van der Waals surface area contributed by atoms with Gasteiger partial charge in [0.15, 0.2) is 0 Å². The van der Waals surface area contributed by atoms with Crippen molar-refractivity contribution in [2.45, 2.75) is 26.1 Å². The predicted octanol–water partition coefficient (Wildman–Crippen LogP) is 4.73. The molecule has 1 heterocycles. The fourth-order valence-corrected chi connectivity index (χ4v) is 3.97. The quantitative estimate of drug-likeness (QED) is 0.712. The molecule has 7 heteroatoms. The first-order valence-corrected chi connectivity index (χ1v) is 10.5. The van der Waals surface area contributed by atoms with Gasteiger partial charge < -0.3 is 15.0 Å². The molecule has 0 unspecified atom stereocenters. The van der Waals surface area contributed by atoms with Gasteiger partial charge in [0, 0.05) is 43.3 Å². The van der Waals surface area contributed by atoms with E-state index in [0.717, 1.165) is 44.0 Å². The van der Waals surface area contributed by atoms with Crippen LogP contribution in [0.3, 0.4) is 0 Å². The maximum Gasteiger partial charge on any atom is 0.317 e. The van der Waals surface area contributed by atoms with Crippen LogP contribution in [0.4, 0.5) is 4.79 Å². The van der Waals surface area contributed by atoms with Gasteiger partial charge in [-0.15, -0.1) is 0 Å². The molecule has 0 radical (unpaired) electrons. The molecular formula is C22H27Cl2N3O2. The molecule has 156 valence electrons. The van der Waals surface area contributed by atoms with Crippen molar-refractivity contribution in [3.8, 4) is 0 Å². The summed E-state index contributed by atoms with van der Waals surface area (Å²) in [6.45, 7) is 6.70. The van der Waals surface area contributed by atoms with Crippen molar-refractivity contribution in [1.82, 2.24) is 15.1 Å². The number of nitrogens with zero attached hydrogens (tertiary/aromatic N) is 2. The minimum Gasteiger partial charge on any atom is -0.379 e. The number of morpholine rings is 1. The van der Waals surface area contributed by atoms with Gasteiger partial charge >= 0.3 is 6.03 Å². The standard InChI is InChI=1S/C22H27Cl2N3O2/c1-16(20-8-7-19(23)13-21(20)24)26(2)22(28)25-14-17-5-3-4-6-18(17)15-27-9-11-29-12-10-27/h3-8,13,16H,9-12,14-15H2,1-2H3,(H,25,28)/t16-/m1/s1. The highest BCUT2D eigenvalue weighted by Crippen LogP contribution is 2.29. The second-order valence-electron chi connectivity index (χ2n) is 7.27. The molecule has 0 saturated carbocycles. The van der Waals surface area contributed by atoms with Gasteiger partial charge in [0.05, 0.1) is 19.3 Å². The average Bonchev–Trinajstić information content (AvgIpc) is 2.72. The molecule has 1 aliphatic rings. The Kier molecular flexibility index (Phi) is 7.78. The van der Waals surface area contributed by atoms with E-state index < -0.39 is 0 Å². The minimum atomic E-state index is -0.177. The number of halogens is 2. The lowest BCUT2D eigenvalue weighted by Gasteiger charge is -2.28. The van der Waals surface area contributed by atoms with Crippen molar-refractivity contribution < 1.29 is 9.53 Å². The Balaban J connectivity index is 1.61. The van der Waals surface area contributed by atoms with E-state index in [-0.39, 0.29) is 12.1 Å². The van der Waals surface area contributed by atoms with Crippen LogP contribution >= 0.6 is 23.2 Å². The monoisotopic (exact) mass is 435 g/mol. The number of nitrogens with one attached hydrogen (secondary N) is 1. The van der Waals surface area contributed by atoms with Crippen molar-refractivity contribution >= 4 is 29.2 Å². The molecule has 5 nitrogen and oxygen atoms in total. The van der Waals surface area contributed by atoms with Gasteiger partial charge in [-0.2, -0.15) is 0 Å². The van der Waals surface area contributed by atoms with Crippen LogP contribution in [-0.2, 0) is 17.8 Å². The smallest absolute Gasteiger partial charge is 0.317 e. The molecule has 3 rings (SSSR count). The molecule has 0 spiro atoms. The molecule has 1 atom stereocenters. The molecule has 29 heavy (non-hydrogen) atoms. The predicted molar refractivity (Wildman–Crippen MR) is 117 cm³/mol. The molecular weight excluding hydrogens is 409 g/mol. The summed E-state index contributed by atoms with van der Waals surface area (Å²) >= 11 is 12.3. The van der Waals surface area contributed by atoms with Crippen LogP contribution in [0.1, 0.15) is 29.7 Å². The van der Waals surface area contributed by atoms with Crippen LogP contribution in [0.25, 0.3) is 0 Å². The molecule has 1 saturated heterocycles. The van der Waals surface area contributed by atoms with E-state index in [1.54, 1.807) is 24.1 Å². The summed E-state index contributed by atoms with van der Waals surface area (Å²) in [5.41, 5.74) is 3.21. The molecule has 2 aromatic rings. The van der Waals surface area contributed by atoms with Crippen LogP contribution in [0.5, 0.6) is 0 Å². The van der Waals surface area contributed by atoms with Crippen LogP contribution in [0.15, 0.2) is 42.5 Å². The Bertz CT molecular complexity index is 841. The van der Waals surface area contributed by atoms with E-state index in [0.29, 0.717) is 16.6 Å². The third kappa shape index (κ3) is 5.86. The lowest BCUT2D eigenvalue weighted by molar-refractivity contribution is 0.0341.